The van der Waals surface area contributed by atoms with Crippen molar-refractivity contribution in [3.05, 3.63) is 48.0 Å². The van der Waals surface area contributed by atoms with Crippen LogP contribution in [-0.2, 0) is 0 Å². The minimum Gasteiger partial charge on any atom is -0.494 e. The Hall–Kier alpha value is -2.80. The average Bonchev–Trinajstić information content (AvgIpc) is 2.62. The summed E-state index contributed by atoms with van der Waals surface area (Å²) in [5.74, 6) is 0.778. The maximum Gasteiger partial charge on any atom is 0.255 e. The van der Waals surface area contributed by atoms with E-state index in [2.05, 4.69) is 16.0 Å². The van der Waals surface area contributed by atoms with Gasteiger partial charge in [-0.25, -0.2) is 0 Å². The van der Waals surface area contributed by atoms with E-state index in [0.29, 0.717) is 33.5 Å². The molecule has 0 fully saturated rings. The van der Waals surface area contributed by atoms with Gasteiger partial charge in [-0.3, -0.25) is 4.79 Å². The van der Waals surface area contributed by atoms with Crippen LogP contribution in [0.3, 0.4) is 0 Å². The molecule has 1 amide bonds. The molecule has 3 N–H and O–H groups in total. The molecule has 0 atom stereocenters. The predicted molar refractivity (Wildman–Crippen MR) is 99.2 cm³/mol. The second-order valence-corrected chi connectivity index (χ2v) is 5.19. The maximum absolute atomic E-state index is 12.3. The molecule has 0 aromatic heterocycles. The monoisotopic (exact) mass is 345 g/mol. The summed E-state index contributed by atoms with van der Waals surface area (Å²) in [6.07, 6.45) is 0. The summed E-state index contributed by atoms with van der Waals surface area (Å²) < 4.78 is 10.7. The summed E-state index contributed by atoms with van der Waals surface area (Å²) in [7, 11) is 4.78. The van der Waals surface area contributed by atoms with E-state index in [1.165, 1.54) is 14.2 Å². The first-order valence-electron chi connectivity index (χ1n) is 7.20. The molecule has 0 saturated carbocycles. The number of ether oxygens (including phenoxy) is 2. The fraction of sp³-hybridized carbons (Fsp3) is 0.176. The van der Waals surface area contributed by atoms with Crippen molar-refractivity contribution in [1.82, 2.24) is 5.32 Å². The number of thiocarbonyl (C=S) groups is 1. The van der Waals surface area contributed by atoms with Crippen molar-refractivity contribution in [2.75, 3.05) is 31.9 Å². The predicted octanol–water partition coefficient (Wildman–Crippen LogP) is 2.87. The molecule has 0 bridgehead atoms. The molecule has 6 nitrogen and oxygen atoms in total. The number of nitrogens with one attached hydrogen (secondary N) is 3. The minimum atomic E-state index is -0.234. The number of hydrogen-bond donors (Lipinski definition) is 3. The van der Waals surface area contributed by atoms with Gasteiger partial charge in [0, 0.05) is 24.7 Å². The zero-order valence-electron chi connectivity index (χ0n) is 13.7. The summed E-state index contributed by atoms with van der Waals surface area (Å²) in [5.41, 5.74) is 1.69. The Labute approximate surface area is 146 Å². The van der Waals surface area contributed by atoms with Crippen LogP contribution >= 0.6 is 12.2 Å². The van der Waals surface area contributed by atoms with Gasteiger partial charge in [0.2, 0.25) is 0 Å². The topological polar surface area (TPSA) is 71.6 Å². The Bertz CT molecular complexity index is 735. The van der Waals surface area contributed by atoms with Gasteiger partial charge >= 0.3 is 0 Å². The van der Waals surface area contributed by atoms with E-state index in [1.807, 2.05) is 6.07 Å². The first kappa shape index (κ1) is 17.6. The number of amides is 1. The van der Waals surface area contributed by atoms with Crippen molar-refractivity contribution >= 4 is 34.6 Å². The van der Waals surface area contributed by atoms with Crippen LogP contribution in [-0.4, -0.2) is 32.3 Å². The third kappa shape index (κ3) is 4.14. The highest BCUT2D eigenvalue weighted by molar-refractivity contribution is 7.80. The lowest BCUT2D eigenvalue weighted by Gasteiger charge is -2.17. The van der Waals surface area contributed by atoms with E-state index in [4.69, 9.17) is 21.7 Å². The van der Waals surface area contributed by atoms with Crippen molar-refractivity contribution in [2.24, 2.45) is 0 Å². The Balaban J connectivity index is 2.32. The van der Waals surface area contributed by atoms with Gasteiger partial charge in [0.15, 0.2) is 5.11 Å². The minimum absolute atomic E-state index is 0.234. The van der Waals surface area contributed by atoms with Crippen molar-refractivity contribution in [3.8, 4) is 11.5 Å². The van der Waals surface area contributed by atoms with Gasteiger partial charge in [0.1, 0.15) is 11.5 Å². The first-order valence-corrected chi connectivity index (χ1v) is 7.61. The second-order valence-electron chi connectivity index (χ2n) is 4.78. The molecule has 7 heteroatoms. The van der Waals surface area contributed by atoms with Crippen LogP contribution in [0.1, 0.15) is 10.4 Å². The number of hydrogen-bond acceptors (Lipinski definition) is 4. The Morgan fingerprint density at radius 3 is 2.00 bits per heavy atom. The van der Waals surface area contributed by atoms with Crippen molar-refractivity contribution in [1.29, 1.82) is 0 Å². The molecule has 0 unspecified atom stereocenters. The molecule has 24 heavy (non-hydrogen) atoms. The smallest absolute Gasteiger partial charge is 0.255 e. The zero-order valence-corrected chi connectivity index (χ0v) is 14.5. The summed E-state index contributed by atoms with van der Waals surface area (Å²) >= 11 is 5.10. The van der Waals surface area contributed by atoms with E-state index < -0.39 is 0 Å². The third-order valence-electron chi connectivity index (χ3n) is 3.28. The van der Waals surface area contributed by atoms with Crippen molar-refractivity contribution < 1.29 is 14.3 Å². The molecule has 2 aromatic rings. The number of rotatable bonds is 5. The molecule has 0 saturated heterocycles. The Morgan fingerprint density at radius 2 is 1.50 bits per heavy atom. The van der Waals surface area contributed by atoms with Gasteiger partial charge in [-0.1, -0.05) is 18.2 Å². The lowest BCUT2D eigenvalue weighted by molar-refractivity contribution is 0.102. The molecule has 126 valence electrons. The van der Waals surface area contributed by atoms with Crippen LogP contribution in [0.5, 0.6) is 11.5 Å². The Morgan fingerprint density at radius 1 is 0.958 bits per heavy atom. The van der Waals surface area contributed by atoms with Gasteiger partial charge < -0.3 is 25.4 Å². The average molecular weight is 345 g/mol. The van der Waals surface area contributed by atoms with Crippen LogP contribution in [0.4, 0.5) is 11.4 Å². The maximum atomic E-state index is 12.3. The van der Waals surface area contributed by atoms with E-state index in [-0.39, 0.29) is 5.91 Å². The standard InChI is InChI=1S/C17H19N3O3S/c1-18-17(24)20-13-10-14(22-2)12(9-15(13)23-3)19-16(21)11-7-5-4-6-8-11/h4-10H,1-3H3,(H,19,21)(H2,18,20,24). The SMILES string of the molecule is CNC(=S)Nc1cc(OC)c(NC(=O)c2ccccc2)cc1OC. The van der Waals surface area contributed by atoms with Gasteiger partial charge in [-0.05, 0) is 24.4 Å². The van der Waals surface area contributed by atoms with Crippen LogP contribution in [0.2, 0.25) is 0 Å². The summed E-state index contributed by atoms with van der Waals surface area (Å²) in [6.45, 7) is 0. The molecule has 0 spiro atoms. The fourth-order valence-electron chi connectivity index (χ4n) is 2.06. The fourth-order valence-corrected chi connectivity index (χ4v) is 2.17. The highest BCUT2D eigenvalue weighted by atomic mass is 32.1. The molecule has 0 heterocycles. The summed E-state index contributed by atoms with van der Waals surface area (Å²) in [5, 5.41) is 9.09. The van der Waals surface area contributed by atoms with Crippen molar-refractivity contribution in [2.45, 2.75) is 0 Å². The molecular formula is C17H19N3O3S. The van der Waals surface area contributed by atoms with E-state index in [9.17, 15) is 4.79 Å². The summed E-state index contributed by atoms with van der Waals surface area (Å²) in [4.78, 5) is 12.3. The number of methoxy groups -OCH3 is 2. The highest BCUT2D eigenvalue weighted by Crippen LogP contribution is 2.36. The van der Waals surface area contributed by atoms with Crippen LogP contribution in [0.25, 0.3) is 0 Å². The second kappa shape index (κ2) is 8.16. The Kier molecular flexibility index (Phi) is 5.97. The largest absolute Gasteiger partial charge is 0.494 e. The van der Waals surface area contributed by atoms with E-state index in [1.54, 1.807) is 43.4 Å². The normalized spacial score (nSPS) is 9.79. The van der Waals surface area contributed by atoms with Gasteiger partial charge in [0.25, 0.3) is 5.91 Å². The molecule has 0 radical (unpaired) electrons. The molecule has 0 aliphatic rings. The molecular weight excluding hydrogens is 326 g/mol. The lowest BCUT2D eigenvalue weighted by Crippen LogP contribution is -2.24. The number of carbonyl (C=O) groups is 1. The van der Waals surface area contributed by atoms with Crippen LogP contribution in [0.15, 0.2) is 42.5 Å². The molecule has 0 aliphatic carbocycles. The number of carbonyl (C=O) groups excluding carboxylic acids is 1. The number of anilines is 2. The highest BCUT2D eigenvalue weighted by Gasteiger charge is 2.15. The van der Waals surface area contributed by atoms with Crippen LogP contribution in [0, 0.1) is 0 Å². The van der Waals surface area contributed by atoms with E-state index in [0.717, 1.165) is 0 Å². The third-order valence-corrected chi connectivity index (χ3v) is 3.59. The van der Waals surface area contributed by atoms with E-state index >= 15 is 0 Å². The molecule has 2 rings (SSSR count). The molecule has 0 aliphatic heterocycles. The van der Waals surface area contributed by atoms with Crippen molar-refractivity contribution in [3.63, 3.8) is 0 Å². The molecule has 2 aromatic carbocycles. The summed E-state index contributed by atoms with van der Waals surface area (Å²) in [6, 6.07) is 12.3. The lowest BCUT2D eigenvalue weighted by atomic mass is 10.2. The van der Waals surface area contributed by atoms with Gasteiger partial charge in [-0.2, -0.15) is 0 Å². The zero-order chi connectivity index (χ0) is 17.5. The quantitative estimate of drug-likeness (QED) is 0.724. The van der Waals surface area contributed by atoms with Gasteiger partial charge in [0.05, 0.1) is 25.6 Å². The first-order chi connectivity index (χ1) is 11.6. The van der Waals surface area contributed by atoms with Crippen LogP contribution < -0.4 is 25.4 Å². The van der Waals surface area contributed by atoms with Gasteiger partial charge in [-0.15, -0.1) is 0 Å². The number of benzene rings is 2.